The van der Waals surface area contributed by atoms with Crippen molar-refractivity contribution in [1.29, 1.82) is 0 Å². The molecule has 0 spiro atoms. The lowest BCUT2D eigenvalue weighted by Crippen LogP contribution is -2.40. The second-order valence-electron chi connectivity index (χ2n) is 11.0. The zero-order valence-corrected chi connectivity index (χ0v) is 25.2. The van der Waals surface area contributed by atoms with E-state index in [-0.39, 0.29) is 12.0 Å². The van der Waals surface area contributed by atoms with Gasteiger partial charge in [0.25, 0.3) is 5.91 Å². The molecule has 1 aliphatic heterocycles. The molecule has 43 heavy (non-hydrogen) atoms. The average Bonchev–Trinajstić information content (AvgIpc) is 3.05. The minimum Gasteiger partial charge on any atom is -0.497 e. The Labute approximate surface area is 254 Å². The van der Waals surface area contributed by atoms with Crippen molar-refractivity contribution in [3.05, 3.63) is 109 Å². The predicted octanol–water partition coefficient (Wildman–Crippen LogP) is 7.96. The summed E-state index contributed by atoms with van der Waals surface area (Å²) in [6.45, 7) is 9.28. The molecule has 6 heteroatoms. The van der Waals surface area contributed by atoms with Gasteiger partial charge in [-0.1, -0.05) is 49.4 Å². The number of rotatable bonds is 11. The van der Waals surface area contributed by atoms with Crippen LogP contribution >= 0.6 is 0 Å². The Morgan fingerprint density at radius 2 is 1.63 bits per heavy atom. The number of benzene rings is 4. The minimum atomic E-state index is -0.197. The average molecular weight is 577 g/mol. The van der Waals surface area contributed by atoms with Gasteiger partial charge in [0, 0.05) is 36.4 Å². The summed E-state index contributed by atoms with van der Waals surface area (Å²) in [6.07, 6.45) is 4.32. The smallest absolute Gasteiger partial charge is 0.255 e. The molecule has 1 heterocycles. The van der Waals surface area contributed by atoms with E-state index in [1.54, 1.807) is 20.3 Å². The van der Waals surface area contributed by atoms with Crippen molar-refractivity contribution < 1.29 is 19.0 Å². The van der Waals surface area contributed by atoms with E-state index in [2.05, 4.69) is 35.9 Å². The highest BCUT2D eigenvalue weighted by molar-refractivity contribution is 6.05. The first-order chi connectivity index (χ1) is 20.9. The van der Waals surface area contributed by atoms with Crippen molar-refractivity contribution in [2.24, 2.45) is 5.92 Å². The largest absolute Gasteiger partial charge is 0.497 e. The van der Waals surface area contributed by atoms with Gasteiger partial charge in [0.1, 0.15) is 23.4 Å². The Hall–Kier alpha value is -4.55. The number of hydrogen-bond donors (Lipinski definition) is 1. The van der Waals surface area contributed by atoms with Crippen molar-refractivity contribution in [2.75, 3.05) is 39.2 Å². The standard InChI is InChI=1S/C37H40N2O4/c1-5-26(2)25-39-20-18-33(19-21-39)43-32-15-12-27(13-16-32)28-8-6-10-31(22-28)38-37(40)30-14-17-36(42-4)35(24-30)29-9-7-11-34(23-29)41-3/h5-17,22-24,26,33H,1,18-21,25H2,2-4H3,(H,38,40). The fraction of sp³-hybridized carbons (Fsp3) is 0.270. The van der Waals surface area contributed by atoms with Gasteiger partial charge >= 0.3 is 0 Å². The highest BCUT2D eigenvalue weighted by Gasteiger charge is 2.21. The van der Waals surface area contributed by atoms with Gasteiger partial charge in [0.2, 0.25) is 0 Å². The lowest BCUT2D eigenvalue weighted by Gasteiger charge is -2.33. The third kappa shape index (κ3) is 7.65. The number of amides is 1. The third-order valence-electron chi connectivity index (χ3n) is 7.94. The van der Waals surface area contributed by atoms with Gasteiger partial charge in [-0.3, -0.25) is 4.79 Å². The van der Waals surface area contributed by atoms with Gasteiger partial charge < -0.3 is 24.4 Å². The number of carbonyl (C=O) groups is 1. The van der Waals surface area contributed by atoms with Crippen LogP contribution in [0, 0.1) is 5.92 Å². The monoisotopic (exact) mass is 576 g/mol. The van der Waals surface area contributed by atoms with Gasteiger partial charge in [0.05, 0.1) is 14.2 Å². The number of methoxy groups -OCH3 is 2. The highest BCUT2D eigenvalue weighted by atomic mass is 16.5. The van der Waals surface area contributed by atoms with E-state index in [9.17, 15) is 4.79 Å². The summed E-state index contributed by atoms with van der Waals surface area (Å²) in [6, 6.07) is 29.2. The normalized spacial score (nSPS) is 14.5. The summed E-state index contributed by atoms with van der Waals surface area (Å²) in [4.78, 5) is 15.8. The zero-order chi connectivity index (χ0) is 30.2. The van der Waals surface area contributed by atoms with Crippen molar-refractivity contribution >= 4 is 11.6 Å². The molecule has 1 saturated heterocycles. The molecule has 222 valence electrons. The maximum atomic E-state index is 13.3. The maximum Gasteiger partial charge on any atom is 0.255 e. The molecular weight excluding hydrogens is 536 g/mol. The lowest BCUT2D eigenvalue weighted by molar-refractivity contribution is 0.0961. The Kier molecular flexibility index (Phi) is 9.80. The van der Waals surface area contributed by atoms with E-state index >= 15 is 0 Å². The molecule has 0 saturated carbocycles. The Morgan fingerprint density at radius 3 is 2.35 bits per heavy atom. The SMILES string of the molecule is C=CC(C)CN1CCC(Oc2ccc(-c3cccc(NC(=O)c4ccc(OC)c(-c5cccc(OC)c5)c4)c3)cc2)CC1. The topological polar surface area (TPSA) is 60.0 Å². The van der Waals surface area contributed by atoms with Crippen LogP contribution in [0.4, 0.5) is 5.69 Å². The van der Waals surface area contributed by atoms with E-state index < -0.39 is 0 Å². The summed E-state index contributed by atoms with van der Waals surface area (Å²) in [5.41, 5.74) is 5.05. The van der Waals surface area contributed by atoms with Crippen LogP contribution in [0.2, 0.25) is 0 Å². The number of nitrogens with one attached hydrogen (secondary N) is 1. The van der Waals surface area contributed by atoms with E-state index in [0.717, 1.165) is 71.9 Å². The van der Waals surface area contributed by atoms with Crippen molar-refractivity contribution in [2.45, 2.75) is 25.9 Å². The van der Waals surface area contributed by atoms with Crippen LogP contribution in [0.25, 0.3) is 22.3 Å². The van der Waals surface area contributed by atoms with Crippen molar-refractivity contribution in [3.63, 3.8) is 0 Å². The van der Waals surface area contributed by atoms with Crippen LogP contribution in [0.15, 0.2) is 104 Å². The van der Waals surface area contributed by atoms with E-state index in [0.29, 0.717) is 17.2 Å². The molecular formula is C37H40N2O4. The number of ether oxygens (including phenoxy) is 3. The van der Waals surface area contributed by atoms with E-state index in [1.807, 2.05) is 78.9 Å². The Morgan fingerprint density at radius 1 is 0.884 bits per heavy atom. The molecule has 0 bridgehead atoms. The zero-order valence-electron chi connectivity index (χ0n) is 25.2. The number of hydrogen-bond acceptors (Lipinski definition) is 5. The van der Waals surface area contributed by atoms with Crippen LogP contribution in [-0.4, -0.2) is 50.8 Å². The molecule has 1 fully saturated rings. The first-order valence-corrected chi connectivity index (χ1v) is 14.8. The highest BCUT2D eigenvalue weighted by Crippen LogP contribution is 2.33. The molecule has 1 N–H and O–H groups in total. The van der Waals surface area contributed by atoms with Crippen molar-refractivity contribution in [1.82, 2.24) is 4.90 Å². The van der Waals surface area contributed by atoms with E-state index in [1.165, 1.54) is 0 Å². The van der Waals surface area contributed by atoms with Crippen LogP contribution in [-0.2, 0) is 0 Å². The molecule has 0 aromatic heterocycles. The van der Waals surface area contributed by atoms with Crippen LogP contribution in [0.1, 0.15) is 30.1 Å². The summed E-state index contributed by atoms with van der Waals surface area (Å²) in [5, 5.41) is 3.05. The van der Waals surface area contributed by atoms with Gasteiger partial charge in [-0.05, 0) is 90.0 Å². The molecule has 1 aliphatic rings. The molecule has 0 radical (unpaired) electrons. The molecule has 6 nitrogen and oxygen atoms in total. The number of anilines is 1. The molecule has 1 amide bonds. The second kappa shape index (κ2) is 14.1. The number of likely N-dealkylation sites (tertiary alicyclic amines) is 1. The van der Waals surface area contributed by atoms with Crippen LogP contribution in [0.5, 0.6) is 17.2 Å². The molecule has 4 aromatic carbocycles. The second-order valence-corrected chi connectivity index (χ2v) is 11.0. The molecule has 0 aliphatic carbocycles. The number of carbonyl (C=O) groups excluding carboxylic acids is 1. The summed E-state index contributed by atoms with van der Waals surface area (Å²) >= 11 is 0. The van der Waals surface area contributed by atoms with Crippen LogP contribution in [0.3, 0.4) is 0 Å². The fourth-order valence-electron chi connectivity index (χ4n) is 5.46. The maximum absolute atomic E-state index is 13.3. The summed E-state index contributed by atoms with van der Waals surface area (Å²) in [7, 11) is 3.26. The third-order valence-corrected chi connectivity index (χ3v) is 7.94. The molecule has 1 atom stereocenters. The predicted molar refractivity (Wildman–Crippen MR) is 174 cm³/mol. The van der Waals surface area contributed by atoms with Gasteiger partial charge in [-0.25, -0.2) is 0 Å². The lowest BCUT2D eigenvalue weighted by atomic mass is 10.0. The van der Waals surface area contributed by atoms with Gasteiger partial charge in [-0.2, -0.15) is 0 Å². The van der Waals surface area contributed by atoms with Gasteiger partial charge in [0.15, 0.2) is 0 Å². The molecule has 5 rings (SSSR count). The van der Waals surface area contributed by atoms with E-state index in [4.69, 9.17) is 14.2 Å². The fourth-order valence-corrected chi connectivity index (χ4v) is 5.46. The minimum absolute atomic E-state index is 0.197. The Bertz CT molecular complexity index is 1540. The van der Waals surface area contributed by atoms with Gasteiger partial charge in [-0.15, -0.1) is 6.58 Å². The Balaban J connectivity index is 1.23. The first-order valence-electron chi connectivity index (χ1n) is 14.8. The summed E-state index contributed by atoms with van der Waals surface area (Å²) < 4.78 is 17.3. The van der Waals surface area contributed by atoms with Crippen molar-refractivity contribution in [3.8, 4) is 39.5 Å². The quantitative estimate of drug-likeness (QED) is 0.184. The number of piperidine rings is 1. The molecule has 1 unspecified atom stereocenters. The number of nitrogens with zero attached hydrogens (tertiary/aromatic N) is 1. The summed E-state index contributed by atoms with van der Waals surface area (Å²) in [5.74, 6) is 2.62. The first kappa shape index (κ1) is 29.9. The molecule has 4 aromatic rings. The van der Waals surface area contributed by atoms with Crippen LogP contribution < -0.4 is 19.5 Å².